The van der Waals surface area contributed by atoms with Gasteiger partial charge in [0.05, 0.1) is 4.88 Å². The van der Waals surface area contributed by atoms with E-state index in [2.05, 4.69) is 27.8 Å². The molecule has 0 saturated heterocycles. The topological polar surface area (TPSA) is 84.0 Å². The summed E-state index contributed by atoms with van der Waals surface area (Å²) in [5.41, 5.74) is 0. The third kappa shape index (κ3) is 6.37. The highest BCUT2D eigenvalue weighted by Crippen LogP contribution is 2.17. The van der Waals surface area contributed by atoms with Crippen molar-refractivity contribution in [3.63, 3.8) is 0 Å². The molecule has 24 heavy (non-hydrogen) atoms. The Hall–Kier alpha value is -1.80. The predicted molar refractivity (Wildman–Crippen MR) is 97.7 cm³/mol. The molecule has 0 saturated carbocycles. The Labute approximate surface area is 149 Å². The number of aryl methyl sites for hydroxylation is 1. The molecule has 2 N–H and O–H groups in total. The molecule has 2 heterocycles. The van der Waals surface area contributed by atoms with Crippen molar-refractivity contribution in [2.75, 3.05) is 11.9 Å². The minimum absolute atomic E-state index is 0.0914. The molecule has 0 atom stereocenters. The van der Waals surface area contributed by atoms with Crippen LogP contribution < -0.4 is 10.6 Å². The maximum absolute atomic E-state index is 11.9. The molecular weight excluding hydrogens is 344 g/mol. The molecule has 0 bridgehead atoms. The Bertz CT molecular complexity index is 640. The molecule has 0 radical (unpaired) electrons. The van der Waals surface area contributed by atoms with Gasteiger partial charge in [-0.15, -0.1) is 21.5 Å². The molecule has 130 valence electrons. The van der Waals surface area contributed by atoms with Gasteiger partial charge in [-0.05, 0) is 24.3 Å². The Balaban J connectivity index is 1.62. The van der Waals surface area contributed by atoms with E-state index in [1.165, 1.54) is 35.5 Å². The second-order valence-corrected chi connectivity index (χ2v) is 7.35. The number of carbonyl (C=O) groups is 2. The van der Waals surface area contributed by atoms with Crippen molar-refractivity contribution in [2.45, 2.75) is 45.4 Å². The molecule has 0 aliphatic rings. The van der Waals surface area contributed by atoms with Gasteiger partial charge in [0.2, 0.25) is 11.0 Å². The van der Waals surface area contributed by atoms with E-state index in [0.29, 0.717) is 29.4 Å². The molecule has 8 heteroatoms. The van der Waals surface area contributed by atoms with Crippen LogP contribution in [0.25, 0.3) is 0 Å². The lowest BCUT2D eigenvalue weighted by atomic mass is 10.2. The largest absolute Gasteiger partial charge is 0.351 e. The maximum Gasteiger partial charge on any atom is 0.261 e. The van der Waals surface area contributed by atoms with Gasteiger partial charge in [0.1, 0.15) is 5.01 Å². The highest BCUT2D eigenvalue weighted by Gasteiger charge is 2.09. The van der Waals surface area contributed by atoms with Crippen LogP contribution in [0.1, 0.15) is 53.7 Å². The molecule has 0 unspecified atom stereocenters. The summed E-state index contributed by atoms with van der Waals surface area (Å²) in [6.07, 6.45) is 5.30. The lowest BCUT2D eigenvalue weighted by molar-refractivity contribution is -0.116. The van der Waals surface area contributed by atoms with Gasteiger partial charge in [0, 0.05) is 19.4 Å². The van der Waals surface area contributed by atoms with Crippen molar-refractivity contribution in [1.82, 2.24) is 15.5 Å². The average molecular weight is 367 g/mol. The summed E-state index contributed by atoms with van der Waals surface area (Å²) in [6, 6.07) is 3.62. The normalized spacial score (nSPS) is 10.5. The Morgan fingerprint density at radius 2 is 2.08 bits per heavy atom. The fourth-order valence-electron chi connectivity index (χ4n) is 2.06. The Kier molecular flexibility index (Phi) is 7.84. The fourth-order valence-corrected chi connectivity index (χ4v) is 3.50. The first kappa shape index (κ1) is 18.5. The van der Waals surface area contributed by atoms with Crippen LogP contribution >= 0.6 is 22.7 Å². The van der Waals surface area contributed by atoms with Crippen molar-refractivity contribution in [3.05, 3.63) is 27.4 Å². The number of nitrogens with one attached hydrogen (secondary N) is 2. The number of nitrogens with zero attached hydrogens (tertiary/aromatic N) is 2. The molecule has 2 rings (SSSR count). The van der Waals surface area contributed by atoms with Crippen molar-refractivity contribution in [2.24, 2.45) is 0 Å². The number of aromatic nitrogens is 2. The van der Waals surface area contributed by atoms with Gasteiger partial charge >= 0.3 is 0 Å². The van der Waals surface area contributed by atoms with Crippen LogP contribution in [0.5, 0.6) is 0 Å². The van der Waals surface area contributed by atoms with E-state index < -0.39 is 0 Å². The molecule has 0 spiro atoms. The van der Waals surface area contributed by atoms with Crippen molar-refractivity contribution < 1.29 is 9.59 Å². The molecule has 0 aliphatic carbocycles. The van der Waals surface area contributed by atoms with E-state index in [0.717, 1.165) is 17.8 Å². The molecule has 2 aromatic heterocycles. The Morgan fingerprint density at radius 1 is 1.21 bits per heavy atom. The number of thiophene rings is 1. The first-order chi connectivity index (χ1) is 11.7. The second-order valence-electron chi connectivity index (χ2n) is 5.34. The van der Waals surface area contributed by atoms with E-state index in [4.69, 9.17) is 0 Å². The van der Waals surface area contributed by atoms with Gasteiger partial charge in [-0.2, -0.15) is 0 Å². The summed E-state index contributed by atoms with van der Waals surface area (Å²) < 4.78 is 0. The number of carbonyl (C=O) groups excluding carboxylic acids is 2. The van der Waals surface area contributed by atoms with E-state index in [9.17, 15) is 9.59 Å². The number of hydrogen-bond donors (Lipinski definition) is 2. The van der Waals surface area contributed by atoms with Gasteiger partial charge in [-0.3, -0.25) is 9.59 Å². The third-order valence-electron chi connectivity index (χ3n) is 3.32. The standard InChI is InChI=1S/C16H22N4O2S2/c1-2-3-4-9-14-19-20-16(24-14)18-13(21)8-5-10-17-15(22)12-7-6-11-23-12/h6-7,11H,2-5,8-10H2,1H3,(H,17,22)(H,18,20,21). The minimum Gasteiger partial charge on any atom is -0.351 e. The van der Waals surface area contributed by atoms with Crippen LogP contribution in [0.3, 0.4) is 0 Å². The summed E-state index contributed by atoms with van der Waals surface area (Å²) in [6.45, 7) is 2.64. The molecule has 0 fully saturated rings. The van der Waals surface area contributed by atoms with Gasteiger partial charge in [0.25, 0.3) is 5.91 Å². The van der Waals surface area contributed by atoms with Crippen LogP contribution in [0.2, 0.25) is 0 Å². The molecule has 2 aromatic rings. The third-order valence-corrected chi connectivity index (χ3v) is 5.09. The Morgan fingerprint density at radius 3 is 2.83 bits per heavy atom. The lowest BCUT2D eigenvalue weighted by Crippen LogP contribution is -2.24. The SMILES string of the molecule is CCCCCc1nnc(NC(=O)CCCNC(=O)c2cccs2)s1. The van der Waals surface area contributed by atoms with Crippen LogP contribution in [-0.4, -0.2) is 28.6 Å². The molecule has 0 aromatic carbocycles. The molecule has 2 amide bonds. The first-order valence-corrected chi connectivity index (χ1v) is 9.82. The summed E-state index contributed by atoms with van der Waals surface area (Å²) in [5.74, 6) is -0.192. The second kappa shape index (κ2) is 10.1. The zero-order valence-electron chi connectivity index (χ0n) is 13.7. The average Bonchev–Trinajstić information content (AvgIpc) is 3.23. The quantitative estimate of drug-likeness (QED) is 0.631. The van der Waals surface area contributed by atoms with Crippen molar-refractivity contribution in [1.29, 1.82) is 0 Å². The summed E-state index contributed by atoms with van der Waals surface area (Å²) in [7, 11) is 0. The number of rotatable bonds is 10. The van der Waals surface area contributed by atoms with Crippen LogP contribution in [-0.2, 0) is 11.2 Å². The molecule has 0 aliphatic heterocycles. The summed E-state index contributed by atoms with van der Waals surface area (Å²) >= 11 is 2.83. The monoisotopic (exact) mass is 366 g/mol. The van der Waals surface area contributed by atoms with E-state index in [1.54, 1.807) is 6.07 Å². The van der Waals surface area contributed by atoms with E-state index in [-0.39, 0.29) is 11.8 Å². The van der Waals surface area contributed by atoms with Gasteiger partial charge in [-0.25, -0.2) is 0 Å². The van der Waals surface area contributed by atoms with Gasteiger partial charge in [0.15, 0.2) is 0 Å². The maximum atomic E-state index is 11.9. The van der Waals surface area contributed by atoms with Crippen LogP contribution in [0.4, 0.5) is 5.13 Å². The van der Waals surface area contributed by atoms with Crippen LogP contribution in [0, 0.1) is 0 Å². The zero-order valence-corrected chi connectivity index (χ0v) is 15.3. The predicted octanol–water partition coefficient (Wildman–Crippen LogP) is 3.48. The zero-order chi connectivity index (χ0) is 17.2. The fraction of sp³-hybridized carbons (Fsp3) is 0.500. The number of amides is 2. The minimum atomic E-state index is -0.100. The lowest BCUT2D eigenvalue weighted by Gasteiger charge is -2.03. The van der Waals surface area contributed by atoms with E-state index in [1.807, 2.05) is 11.4 Å². The van der Waals surface area contributed by atoms with Gasteiger partial charge < -0.3 is 10.6 Å². The molecular formula is C16H22N4O2S2. The van der Waals surface area contributed by atoms with Crippen molar-refractivity contribution in [3.8, 4) is 0 Å². The number of unbranched alkanes of at least 4 members (excludes halogenated alkanes) is 2. The van der Waals surface area contributed by atoms with E-state index >= 15 is 0 Å². The number of hydrogen-bond acceptors (Lipinski definition) is 6. The smallest absolute Gasteiger partial charge is 0.261 e. The van der Waals surface area contributed by atoms with Crippen LogP contribution in [0.15, 0.2) is 17.5 Å². The highest BCUT2D eigenvalue weighted by molar-refractivity contribution is 7.15. The van der Waals surface area contributed by atoms with Crippen molar-refractivity contribution >= 4 is 39.6 Å². The highest BCUT2D eigenvalue weighted by atomic mass is 32.1. The summed E-state index contributed by atoms with van der Waals surface area (Å²) in [4.78, 5) is 24.3. The molecule has 6 nitrogen and oxygen atoms in total. The first-order valence-electron chi connectivity index (χ1n) is 8.13. The summed E-state index contributed by atoms with van der Waals surface area (Å²) in [5, 5.41) is 17.0. The van der Waals surface area contributed by atoms with Gasteiger partial charge in [-0.1, -0.05) is 37.2 Å². The number of anilines is 1.